The van der Waals surface area contributed by atoms with E-state index in [9.17, 15) is 0 Å². The summed E-state index contributed by atoms with van der Waals surface area (Å²) < 4.78 is 0. The molecule has 0 bridgehead atoms. The van der Waals surface area contributed by atoms with Gasteiger partial charge < -0.3 is 10.2 Å². The van der Waals surface area contributed by atoms with Crippen LogP contribution in [0, 0.1) is 5.92 Å². The van der Waals surface area contributed by atoms with Crippen LogP contribution in [-0.2, 0) is 0 Å². The first-order chi connectivity index (χ1) is 11.6. The lowest BCUT2D eigenvalue weighted by Gasteiger charge is -2.26. The van der Waals surface area contributed by atoms with Crippen LogP contribution in [0.4, 0.5) is 0 Å². The largest absolute Gasteiger partial charge is 0.356 e. The smallest absolute Gasteiger partial charge is 0.193 e. The Labute approximate surface area is 171 Å². The second-order valence-corrected chi connectivity index (χ2v) is 6.62. The van der Waals surface area contributed by atoms with E-state index in [1.54, 1.807) is 0 Å². The summed E-state index contributed by atoms with van der Waals surface area (Å²) in [5.41, 5.74) is 1.28. The van der Waals surface area contributed by atoms with Gasteiger partial charge in [0.25, 0.3) is 0 Å². The van der Waals surface area contributed by atoms with Crippen LogP contribution < -0.4 is 5.32 Å². The van der Waals surface area contributed by atoms with E-state index < -0.39 is 0 Å². The van der Waals surface area contributed by atoms with Crippen LogP contribution in [-0.4, -0.2) is 43.0 Å². The summed E-state index contributed by atoms with van der Waals surface area (Å²) in [7, 11) is 3.96. The topological polar surface area (TPSA) is 40.5 Å². The van der Waals surface area contributed by atoms with Crippen LogP contribution in [0.2, 0.25) is 0 Å². The summed E-state index contributed by atoms with van der Waals surface area (Å²) in [5.74, 6) is 1.94. The molecule has 1 aromatic rings. The molecule has 1 heterocycles. The van der Waals surface area contributed by atoms with Gasteiger partial charge in [0.15, 0.2) is 5.96 Å². The van der Waals surface area contributed by atoms with Gasteiger partial charge in [-0.1, -0.05) is 32.4 Å². The predicted molar refractivity (Wildman–Crippen MR) is 120 cm³/mol. The van der Waals surface area contributed by atoms with Crippen molar-refractivity contribution in [3.8, 4) is 0 Å². The van der Waals surface area contributed by atoms with Gasteiger partial charge in [0.2, 0.25) is 0 Å². The Bertz CT molecular complexity index is 488. The SMILES string of the molecule is C=CCCCCCN(C)C(=NC)NCC(c1cccnc1)C(C)C.I. The summed E-state index contributed by atoms with van der Waals surface area (Å²) >= 11 is 0. The van der Waals surface area contributed by atoms with Gasteiger partial charge >= 0.3 is 0 Å². The number of rotatable bonds is 10. The lowest BCUT2D eigenvalue weighted by Crippen LogP contribution is -2.41. The molecule has 0 saturated heterocycles. The van der Waals surface area contributed by atoms with Crippen molar-refractivity contribution in [3.05, 3.63) is 42.7 Å². The maximum atomic E-state index is 4.43. The molecule has 0 aliphatic heterocycles. The van der Waals surface area contributed by atoms with E-state index in [1.165, 1.54) is 24.8 Å². The van der Waals surface area contributed by atoms with Crippen LogP contribution in [0.15, 0.2) is 42.2 Å². The zero-order valence-electron chi connectivity index (χ0n) is 16.2. The fourth-order valence-electron chi connectivity index (χ4n) is 2.84. The molecule has 0 spiro atoms. The molecule has 0 aliphatic carbocycles. The van der Waals surface area contributed by atoms with E-state index in [-0.39, 0.29) is 24.0 Å². The molecule has 1 N–H and O–H groups in total. The average molecular weight is 458 g/mol. The Balaban J connectivity index is 0.00000576. The first kappa shape index (κ1) is 23.9. The first-order valence-corrected chi connectivity index (χ1v) is 9.02. The molecule has 5 heteroatoms. The third-order valence-electron chi connectivity index (χ3n) is 4.37. The predicted octanol–water partition coefficient (Wildman–Crippen LogP) is 4.69. The van der Waals surface area contributed by atoms with E-state index in [2.05, 4.69) is 53.7 Å². The van der Waals surface area contributed by atoms with Gasteiger partial charge in [-0.05, 0) is 36.8 Å². The number of guanidine groups is 1. The van der Waals surface area contributed by atoms with Crippen LogP contribution >= 0.6 is 24.0 Å². The Morgan fingerprint density at radius 2 is 2.12 bits per heavy atom. The van der Waals surface area contributed by atoms with Gasteiger partial charge in [0.1, 0.15) is 0 Å². The molecule has 0 amide bonds. The molecule has 1 rings (SSSR count). The Hall–Kier alpha value is -1.11. The van der Waals surface area contributed by atoms with E-state index >= 15 is 0 Å². The molecular formula is C20H35IN4. The minimum Gasteiger partial charge on any atom is -0.356 e. The molecule has 142 valence electrons. The van der Waals surface area contributed by atoms with Crippen molar-refractivity contribution < 1.29 is 0 Å². The van der Waals surface area contributed by atoms with Crippen molar-refractivity contribution in [1.82, 2.24) is 15.2 Å². The number of pyridine rings is 1. The second-order valence-electron chi connectivity index (χ2n) is 6.62. The fraction of sp³-hybridized carbons (Fsp3) is 0.600. The number of unbranched alkanes of at least 4 members (excludes halogenated alkanes) is 3. The molecule has 1 unspecified atom stereocenters. The standard InChI is InChI=1S/C20H34N4.HI/c1-6-7-8-9-10-14-24(5)20(21-4)23-16-19(17(2)3)18-12-11-13-22-15-18;/h6,11-13,15,17,19H,1,7-10,14,16H2,2-5H3,(H,21,23);1H. The van der Waals surface area contributed by atoms with E-state index in [4.69, 9.17) is 0 Å². The quantitative estimate of drug-likeness (QED) is 0.182. The maximum Gasteiger partial charge on any atom is 0.193 e. The van der Waals surface area contributed by atoms with Crippen molar-refractivity contribution in [3.63, 3.8) is 0 Å². The number of allylic oxidation sites excluding steroid dienone is 1. The molecule has 0 fully saturated rings. The highest BCUT2D eigenvalue weighted by Gasteiger charge is 2.17. The summed E-state index contributed by atoms with van der Waals surface area (Å²) in [5, 5.41) is 3.53. The van der Waals surface area contributed by atoms with Crippen LogP contribution in [0.25, 0.3) is 0 Å². The number of aliphatic imine (C=N–C) groups is 1. The van der Waals surface area contributed by atoms with Crippen LogP contribution in [0.1, 0.15) is 51.0 Å². The maximum absolute atomic E-state index is 4.43. The highest BCUT2D eigenvalue weighted by Crippen LogP contribution is 2.22. The van der Waals surface area contributed by atoms with Gasteiger partial charge in [-0.3, -0.25) is 9.98 Å². The molecular weight excluding hydrogens is 423 g/mol. The Morgan fingerprint density at radius 3 is 2.68 bits per heavy atom. The van der Waals surface area contributed by atoms with Crippen molar-refractivity contribution in [2.75, 3.05) is 27.2 Å². The van der Waals surface area contributed by atoms with Gasteiger partial charge in [-0.2, -0.15) is 0 Å². The van der Waals surface area contributed by atoms with Crippen molar-refractivity contribution >= 4 is 29.9 Å². The summed E-state index contributed by atoms with van der Waals surface area (Å²) in [4.78, 5) is 10.9. The van der Waals surface area contributed by atoms with Crippen LogP contribution in [0.5, 0.6) is 0 Å². The fourth-order valence-corrected chi connectivity index (χ4v) is 2.84. The minimum absolute atomic E-state index is 0. The van der Waals surface area contributed by atoms with E-state index in [0.29, 0.717) is 11.8 Å². The Morgan fingerprint density at radius 1 is 1.36 bits per heavy atom. The van der Waals surface area contributed by atoms with Crippen molar-refractivity contribution in [1.29, 1.82) is 0 Å². The Kier molecular flexibility index (Phi) is 13.5. The monoisotopic (exact) mass is 458 g/mol. The van der Waals surface area contributed by atoms with Crippen molar-refractivity contribution in [2.24, 2.45) is 10.9 Å². The number of halogens is 1. The normalized spacial score (nSPS) is 12.4. The van der Waals surface area contributed by atoms with Gasteiger partial charge in [0.05, 0.1) is 0 Å². The number of nitrogens with zero attached hydrogens (tertiary/aromatic N) is 3. The molecule has 0 radical (unpaired) electrons. The molecule has 1 aromatic heterocycles. The molecule has 4 nitrogen and oxygen atoms in total. The van der Waals surface area contributed by atoms with E-state index in [0.717, 1.165) is 25.5 Å². The van der Waals surface area contributed by atoms with E-state index in [1.807, 2.05) is 31.6 Å². The highest BCUT2D eigenvalue weighted by atomic mass is 127. The number of nitrogens with one attached hydrogen (secondary N) is 1. The van der Waals surface area contributed by atoms with Gasteiger partial charge in [0, 0.05) is 45.5 Å². The minimum atomic E-state index is 0. The van der Waals surface area contributed by atoms with Crippen LogP contribution in [0.3, 0.4) is 0 Å². The zero-order chi connectivity index (χ0) is 17.8. The number of aromatic nitrogens is 1. The first-order valence-electron chi connectivity index (χ1n) is 9.02. The third-order valence-corrected chi connectivity index (χ3v) is 4.37. The van der Waals surface area contributed by atoms with Gasteiger partial charge in [-0.15, -0.1) is 30.6 Å². The van der Waals surface area contributed by atoms with Crippen molar-refractivity contribution in [2.45, 2.75) is 45.4 Å². The third kappa shape index (κ3) is 9.23. The summed E-state index contributed by atoms with van der Waals surface area (Å²) in [6.07, 6.45) is 10.5. The molecule has 0 aliphatic rings. The summed E-state index contributed by atoms with van der Waals surface area (Å²) in [6.45, 7) is 10.2. The lowest BCUT2D eigenvalue weighted by atomic mass is 9.89. The zero-order valence-corrected chi connectivity index (χ0v) is 18.6. The highest BCUT2D eigenvalue weighted by molar-refractivity contribution is 14.0. The summed E-state index contributed by atoms with van der Waals surface area (Å²) in [6, 6.07) is 4.17. The number of hydrogen-bond donors (Lipinski definition) is 1. The molecule has 25 heavy (non-hydrogen) atoms. The molecule has 0 saturated carbocycles. The molecule has 0 aromatic carbocycles. The second kappa shape index (κ2) is 14.1. The number of hydrogen-bond acceptors (Lipinski definition) is 2. The molecule has 1 atom stereocenters. The van der Waals surface area contributed by atoms with Gasteiger partial charge in [-0.25, -0.2) is 0 Å². The average Bonchev–Trinajstić information content (AvgIpc) is 2.59. The lowest BCUT2D eigenvalue weighted by molar-refractivity contribution is 0.437.